The third-order valence-corrected chi connectivity index (χ3v) is 5.88. The van der Waals surface area contributed by atoms with Crippen molar-refractivity contribution >= 4 is 5.91 Å². The van der Waals surface area contributed by atoms with Gasteiger partial charge < -0.3 is 4.90 Å². The molecule has 29 heavy (non-hydrogen) atoms. The smallest absolute Gasteiger partial charge is 0.239 e. The van der Waals surface area contributed by atoms with Crippen molar-refractivity contribution in [3.63, 3.8) is 0 Å². The first kappa shape index (κ1) is 19.4. The Kier molecular flexibility index (Phi) is 5.49. The number of amides is 1. The molecule has 4 rings (SSSR count). The van der Waals surface area contributed by atoms with Crippen LogP contribution in [-0.2, 0) is 17.8 Å². The molecule has 3 aromatic rings. The molecule has 0 aliphatic carbocycles. The fourth-order valence-electron chi connectivity index (χ4n) is 4.24. The summed E-state index contributed by atoms with van der Waals surface area (Å²) in [6, 6.07) is 20.9. The molecule has 5 nitrogen and oxygen atoms in total. The van der Waals surface area contributed by atoms with Crippen LogP contribution in [0.2, 0.25) is 0 Å². The maximum Gasteiger partial charge on any atom is 0.239 e. The number of likely N-dealkylation sites (N-methyl/N-ethyl adjacent to an activating group) is 1. The molecule has 0 bridgehead atoms. The van der Waals surface area contributed by atoms with Gasteiger partial charge in [0.25, 0.3) is 0 Å². The summed E-state index contributed by atoms with van der Waals surface area (Å²) in [4.78, 5) is 16.4. The first-order valence-corrected chi connectivity index (χ1v) is 10.2. The van der Waals surface area contributed by atoms with Gasteiger partial charge in [-0.05, 0) is 18.1 Å². The molecule has 1 unspecified atom stereocenters. The van der Waals surface area contributed by atoms with Crippen LogP contribution in [0.1, 0.15) is 40.9 Å². The van der Waals surface area contributed by atoms with Crippen LogP contribution in [0, 0.1) is 0 Å². The molecule has 1 amide bonds. The van der Waals surface area contributed by atoms with Gasteiger partial charge in [-0.2, -0.15) is 5.10 Å². The van der Waals surface area contributed by atoms with E-state index in [2.05, 4.69) is 58.5 Å². The van der Waals surface area contributed by atoms with E-state index >= 15 is 0 Å². The predicted octanol–water partition coefficient (Wildman–Crippen LogP) is 3.42. The number of nitrogens with zero attached hydrogens (tertiary/aromatic N) is 3. The van der Waals surface area contributed by atoms with Crippen LogP contribution in [0.15, 0.2) is 60.7 Å². The van der Waals surface area contributed by atoms with Crippen LogP contribution in [0.4, 0.5) is 0 Å². The molecule has 0 saturated heterocycles. The zero-order valence-electron chi connectivity index (χ0n) is 17.3. The lowest BCUT2D eigenvalue weighted by Crippen LogP contribution is -2.46. The van der Waals surface area contributed by atoms with E-state index in [-0.39, 0.29) is 17.9 Å². The SMILES string of the molecule is CC(C(=O)N(C)C)N1CCc2[nH]nc(C(c3ccccc3)c3ccccc3)c2C1. The fourth-order valence-corrected chi connectivity index (χ4v) is 4.24. The number of carbonyl (C=O) groups excluding carboxylic acids is 1. The average Bonchev–Trinajstić information content (AvgIpc) is 3.17. The third-order valence-electron chi connectivity index (χ3n) is 5.88. The quantitative estimate of drug-likeness (QED) is 0.729. The monoisotopic (exact) mass is 388 g/mol. The minimum atomic E-state index is -0.146. The van der Waals surface area contributed by atoms with Crippen molar-refractivity contribution in [2.45, 2.75) is 31.8 Å². The van der Waals surface area contributed by atoms with Crippen LogP contribution < -0.4 is 0 Å². The van der Waals surface area contributed by atoms with Gasteiger partial charge in [0.2, 0.25) is 5.91 Å². The van der Waals surface area contributed by atoms with Crippen LogP contribution in [0.3, 0.4) is 0 Å². The molecular formula is C24H28N4O. The number of hydrogen-bond acceptors (Lipinski definition) is 3. The molecule has 1 N–H and O–H groups in total. The van der Waals surface area contributed by atoms with Crippen molar-refractivity contribution in [2.75, 3.05) is 20.6 Å². The number of fused-ring (bicyclic) bond motifs is 1. The number of aromatic nitrogens is 2. The maximum atomic E-state index is 12.5. The standard InChI is InChI=1S/C24H28N4O/c1-17(24(29)27(2)3)28-15-14-21-20(16-28)23(26-25-21)22(18-10-6-4-7-11-18)19-12-8-5-9-13-19/h4-13,17,22H,14-16H2,1-3H3,(H,25,26). The molecular weight excluding hydrogens is 360 g/mol. The summed E-state index contributed by atoms with van der Waals surface area (Å²) in [7, 11) is 3.64. The Morgan fingerprint density at radius 1 is 1.03 bits per heavy atom. The second kappa shape index (κ2) is 8.21. The highest BCUT2D eigenvalue weighted by Gasteiger charge is 2.32. The first-order valence-electron chi connectivity index (χ1n) is 10.2. The molecule has 2 aromatic carbocycles. The normalized spacial score (nSPS) is 15.2. The number of H-pyrrole nitrogens is 1. The van der Waals surface area contributed by atoms with Gasteiger partial charge in [-0.15, -0.1) is 0 Å². The van der Waals surface area contributed by atoms with Gasteiger partial charge in [0.1, 0.15) is 0 Å². The Labute approximate surface area is 172 Å². The summed E-state index contributed by atoms with van der Waals surface area (Å²) >= 11 is 0. The van der Waals surface area contributed by atoms with E-state index in [1.807, 2.05) is 33.2 Å². The van der Waals surface area contributed by atoms with Crippen LogP contribution in [0.5, 0.6) is 0 Å². The molecule has 0 spiro atoms. The molecule has 0 radical (unpaired) electrons. The maximum absolute atomic E-state index is 12.5. The molecule has 1 aliphatic rings. The van der Waals surface area contributed by atoms with Crippen molar-refractivity contribution in [3.05, 3.63) is 88.7 Å². The van der Waals surface area contributed by atoms with E-state index in [1.54, 1.807) is 4.90 Å². The van der Waals surface area contributed by atoms with Crippen molar-refractivity contribution in [3.8, 4) is 0 Å². The lowest BCUT2D eigenvalue weighted by molar-refractivity contribution is -0.134. The largest absolute Gasteiger partial charge is 0.347 e. The van der Waals surface area contributed by atoms with E-state index in [9.17, 15) is 4.79 Å². The third kappa shape index (κ3) is 3.83. The first-order chi connectivity index (χ1) is 14.1. The van der Waals surface area contributed by atoms with E-state index in [0.29, 0.717) is 0 Å². The molecule has 1 aromatic heterocycles. The number of hydrogen-bond donors (Lipinski definition) is 1. The Morgan fingerprint density at radius 2 is 1.62 bits per heavy atom. The highest BCUT2D eigenvalue weighted by Crippen LogP contribution is 2.35. The number of rotatable bonds is 5. The summed E-state index contributed by atoms with van der Waals surface area (Å²) in [5, 5.41) is 8.06. The van der Waals surface area contributed by atoms with Gasteiger partial charge >= 0.3 is 0 Å². The molecule has 0 fully saturated rings. The fraction of sp³-hybridized carbons (Fsp3) is 0.333. The van der Waals surface area contributed by atoms with Gasteiger partial charge in [0.05, 0.1) is 17.7 Å². The molecule has 0 saturated carbocycles. The Hall–Kier alpha value is -2.92. The Balaban J connectivity index is 1.72. The molecule has 150 valence electrons. The lowest BCUT2D eigenvalue weighted by Gasteiger charge is -2.33. The van der Waals surface area contributed by atoms with Gasteiger partial charge in [0.15, 0.2) is 0 Å². The van der Waals surface area contributed by atoms with Crippen molar-refractivity contribution in [1.82, 2.24) is 20.0 Å². The van der Waals surface area contributed by atoms with Gasteiger partial charge in [-0.25, -0.2) is 0 Å². The average molecular weight is 389 g/mol. The summed E-state index contributed by atoms with van der Waals surface area (Å²) in [5.74, 6) is 0.207. The number of carbonyl (C=O) groups is 1. The predicted molar refractivity (Wildman–Crippen MR) is 115 cm³/mol. The highest BCUT2D eigenvalue weighted by atomic mass is 16.2. The summed E-state index contributed by atoms with van der Waals surface area (Å²) in [6.07, 6.45) is 0.879. The number of aromatic amines is 1. The number of nitrogens with one attached hydrogen (secondary N) is 1. The minimum absolute atomic E-state index is 0.0669. The van der Waals surface area contributed by atoms with Gasteiger partial charge in [0, 0.05) is 44.9 Å². The zero-order valence-corrected chi connectivity index (χ0v) is 17.3. The molecule has 5 heteroatoms. The second-order valence-electron chi connectivity index (χ2n) is 7.95. The van der Waals surface area contributed by atoms with Crippen molar-refractivity contribution in [1.29, 1.82) is 0 Å². The minimum Gasteiger partial charge on any atom is -0.347 e. The zero-order chi connectivity index (χ0) is 20.4. The lowest BCUT2D eigenvalue weighted by atomic mass is 9.85. The van der Waals surface area contributed by atoms with E-state index in [4.69, 9.17) is 5.10 Å². The molecule has 1 atom stereocenters. The summed E-state index contributed by atoms with van der Waals surface area (Å²) < 4.78 is 0. The Bertz CT molecular complexity index is 926. The van der Waals surface area contributed by atoms with E-state index < -0.39 is 0 Å². The van der Waals surface area contributed by atoms with Gasteiger partial charge in [-0.1, -0.05) is 60.7 Å². The molecule has 1 aliphatic heterocycles. The number of benzene rings is 2. The van der Waals surface area contributed by atoms with Crippen LogP contribution >= 0.6 is 0 Å². The summed E-state index contributed by atoms with van der Waals surface area (Å²) in [6.45, 7) is 3.59. The topological polar surface area (TPSA) is 52.2 Å². The highest BCUT2D eigenvalue weighted by molar-refractivity contribution is 5.81. The van der Waals surface area contributed by atoms with Gasteiger partial charge in [-0.3, -0.25) is 14.8 Å². The molecule has 2 heterocycles. The van der Waals surface area contributed by atoms with Crippen molar-refractivity contribution < 1.29 is 4.79 Å². The van der Waals surface area contributed by atoms with E-state index in [1.165, 1.54) is 22.4 Å². The van der Waals surface area contributed by atoms with E-state index in [0.717, 1.165) is 25.2 Å². The van der Waals surface area contributed by atoms with Crippen LogP contribution in [-0.4, -0.2) is 52.6 Å². The van der Waals surface area contributed by atoms with Crippen molar-refractivity contribution in [2.24, 2.45) is 0 Å². The Morgan fingerprint density at radius 3 is 2.17 bits per heavy atom. The van der Waals surface area contributed by atoms with Crippen LogP contribution in [0.25, 0.3) is 0 Å². The second-order valence-corrected chi connectivity index (χ2v) is 7.95. The summed E-state index contributed by atoms with van der Waals surface area (Å²) in [5.41, 5.74) is 5.93.